The quantitative estimate of drug-likeness (QED) is 0.699. The molecule has 1 nitrogen and oxygen atoms in total. The average Bonchev–Trinajstić information content (AvgIpc) is 3.11. The molecule has 23 heavy (non-hydrogen) atoms. The van der Waals surface area contributed by atoms with Crippen molar-refractivity contribution in [3.05, 3.63) is 55.6 Å². The highest BCUT2D eigenvalue weighted by Crippen LogP contribution is 2.53. The van der Waals surface area contributed by atoms with Crippen LogP contribution in [0.4, 0.5) is 0 Å². The molecule has 0 saturated heterocycles. The fourth-order valence-electron chi connectivity index (χ4n) is 5.08. The Hall–Kier alpha value is -1.60. The van der Waals surface area contributed by atoms with Crippen LogP contribution in [-0.4, -0.2) is 0 Å². The molecular weight excluding hydrogens is 278 g/mol. The number of fused-ring (bicyclic) bond motifs is 5. The zero-order valence-corrected chi connectivity index (χ0v) is 15.5. The predicted octanol–water partition coefficient (Wildman–Crippen LogP) is 5.27. The summed E-state index contributed by atoms with van der Waals surface area (Å²) < 4.78 is 0. The van der Waals surface area contributed by atoms with Gasteiger partial charge in [0.2, 0.25) is 0 Å². The second-order valence-electron chi connectivity index (χ2n) is 7.61. The molecule has 1 aliphatic heterocycles. The van der Waals surface area contributed by atoms with Crippen molar-refractivity contribution < 1.29 is 0 Å². The molecule has 0 aromatic heterocycles. The molecule has 0 radical (unpaired) electrons. The minimum absolute atomic E-state index is 0.516. The van der Waals surface area contributed by atoms with Gasteiger partial charge in [0.1, 0.15) is 0 Å². The molecule has 4 rings (SSSR count). The maximum atomic E-state index is 3.59. The van der Waals surface area contributed by atoms with E-state index in [0.29, 0.717) is 5.92 Å². The van der Waals surface area contributed by atoms with Gasteiger partial charge >= 0.3 is 0 Å². The standard InChI is InChI=1S/C22H27N/c1-10-11(2)14(5)21-19(13(10)4)16(7)20-15(6)12(3)17-8-23-9-18(17)22(20)21/h16,23H,8-9H2,1-7H3. The average molecular weight is 305 g/mol. The molecule has 2 aliphatic rings. The summed E-state index contributed by atoms with van der Waals surface area (Å²) in [6, 6.07) is 0. The monoisotopic (exact) mass is 305 g/mol. The van der Waals surface area contributed by atoms with Crippen molar-refractivity contribution >= 4 is 0 Å². The van der Waals surface area contributed by atoms with Gasteiger partial charge in [-0.1, -0.05) is 6.92 Å². The van der Waals surface area contributed by atoms with E-state index in [-0.39, 0.29) is 0 Å². The van der Waals surface area contributed by atoms with Crippen LogP contribution in [0.3, 0.4) is 0 Å². The molecule has 0 fully saturated rings. The van der Waals surface area contributed by atoms with Crippen molar-refractivity contribution in [2.45, 2.75) is 67.5 Å². The van der Waals surface area contributed by atoms with Crippen LogP contribution in [0.2, 0.25) is 0 Å². The van der Waals surface area contributed by atoms with Crippen molar-refractivity contribution in [3.8, 4) is 11.1 Å². The lowest BCUT2D eigenvalue weighted by Gasteiger charge is -2.18. The lowest BCUT2D eigenvalue weighted by Crippen LogP contribution is -2.02. The first-order valence-electron chi connectivity index (χ1n) is 8.82. The van der Waals surface area contributed by atoms with E-state index >= 15 is 0 Å². The van der Waals surface area contributed by atoms with Crippen LogP contribution in [-0.2, 0) is 13.1 Å². The van der Waals surface area contributed by atoms with Gasteiger partial charge < -0.3 is 5.32 Å². The Morgan fingerprint density at radius 1 is 0.609 bits per heavy atom. The Morgan fingerprint density at radius 2 is 1.13 bits per heavy atom. The van der Waals surface area contributed by atoms with Gasteiger partial charge in [-0.3, -0.25) is 0 Å². The molecule has 2 aromatic rings. The molecule has 0 spiro atoms. The normalized spacial score (nSPS) is 18.1. The number of nitrogens with one attached hydrogen (secondary N) is 1. The molecule has 0 amide bonds. The first kappa shape index (κ1) is 15.0. The van der Waals surface area contributed by atoms with Crippen molar-refractivity contribution in [3.63, 3.8) is 0 Å². The molecule has 1 heterocycles. The Kier molecular flexibility index (Phi) is 3.06. The van der Waals surface area contributed by atoms with Gasteiger partial charge in [-0.15, -0.1) is 0 Å². The molecule has 0 bridgehead atoms. The first-order valence-corrected chi connectivity index (χ1v) is 8.82. The van der Waals surface area contributed by atoms with Gasteiger partial charge in [0.05, 0.1) is 0 Å². The van der Waals surface area contributed by atoms with Crippen LogP contribution < -0.4 is 5.32 Å². The molecule has 1 heteroatoms. The van der Waals surface area contributed by atoms with E-state index < -0.39 is 0 Å². The van der Waals surface area contributed by atoms with Crippen LogP contribution in [0.1, 0.15) is 68.5 Å². The molecular formula is C22H27N. The zero-order chi connectivity index (χ0) is 16.6. The summed E-state index contributed by atoms with van der Waals surface area (Å²) in [6.45, 7) is 18.3. The van der Waals surface area contributed by atoms with Crippen LogP contribution in [0.5, 0.6) is 0 Å². The molecule has 1 N–H and O–H groups in total. The maximum Gasteiger partial charge on any atom is 0.0218 e. The van der Waals surface area contributed by atoms with E-state index in [9.17, 15) is 0 Å². The van der Waals surface area contributed by atoms with Gasteiger partial charge in [0, 0.05) is 19.0 Å². The smallest absolute Gasteiger partial charge is 0.0218 e. The maximum absolute atomic E-state index is 3.59. The summed E-state index contributed by atoms with van der Waals surface area (Å²) in [7, 11) is 0. The third kappa shape index (κ3) is 1.67. The van der Waals surface area contributed by atoms with Gasteiger partial charge in [-0.2, -0.15) is 0 Å². The van der Waals surface area contributed by atoms with Gasteiger partial charge in [0.15, 0.2) is 0 Å². The third-order valence-electron chi connectivity index (χ3n) is 6.81. The Balaban J connectivity index is 2.21. The van der Waals surface area contributed by atoms with E-state index in [0.717, 1.165) is 13.1 Å². The lowest BCUT2D eigenvalue weighted by molar-refractivity contribution is 0.763. The third-order valence-corrected chi connectivity index (χ3v) is 6.81. The van der Waals surface area contributed by atoms with Gasteiger partial charge in [-0.05, 0) is 108 Å². The summed E-state index contributed by atoms with van der Waals surface area (Å²) in [5.41, 5.74) is 18.4. The number of benzene rings is 2. The minimum atomic E-state index is 0.516. The van der Waals surface area contributed by atoms with E-state index in [1.165, 1.54) is 33.4 Å². The Morgan fingerprint density at radius 3 is 1.83 bits per heavy atom. The fraction of sp³-hybridized carbons (Fsp3) is 0.455. The largest absolute Gasteiger partial charge is 0.309 e. The van der Waals surface area contributed by atoms with E-state index in [2.05, 4.69) is 53.8 Å². The molecule has 1 atom stereocenters. The first-order chi connectivity index (χ1) is 10.9. The predicted molar refractivity (Wildman–Crippen MR) is 98.4 cm³/mol. The van der Waals surface area contributed by atoms with Crippen molar-refractivity contribution in [2.75, 3.05) is 0 Å². The minimum Gasteiger partial charge on any atom is -0.309 e. The van der Waals surface area contributed by atoms with Crippen LogP contribution >= 0.6 is 0 Å². The number of hydrogen-bond acceptors (Lipinski definition) is 1. The highest BCUT2D eigenvalue weighted by atomic mass is 14.9. The van der Waals surface area contributed by atoms with Crippen LogP contribution in [0, 0.1) is 41.5 Å². The van der Waals surface area contributed by atoms with Crippen molar-refractivity contribution in [1.29, 1.82) is 0 Å². The van der Waals surface area contributed by atoms with Gasteiger partial charge in [-0.25, -0.2) is 0 Å². The number of hydrogen-bond donors (Lipinski definition) is 1. The Labute approximate surface area is 140 Å². The highest BCUT2D eigenvalue weighted by Gasteiger charge is 2.36. The van der Waals surface area contributed by atoms with E-state index in [1.807, 2.05) is 0 Å². The molecule has 0 saturated carbocycles. The Bertz CT molecular complexity index is 871. The summed E-state index contributed by atoms with van der Waals surface area (Å²) in [5, 5.41) is 3.59. The second kappa shape index (κ2) is 4.70. The summed E-state index contributed by atoms with van der Waals surface area (Å²) in [4.78, 5) is 0. The van der Waals surface area contributed by atoms with E-state index in [1.54, 1.807) is 33.4 Å². The van der Waals surface area contributed by atoms with Crippen molar-refractivity contribution in [1.82, 2.24) is 5.32 Å². The molecule has 1 aliphatic carbocycles. The van der Waals surface area contributed by atoms with Crippen molar-refractivity contribution in [2.24, 2.45) is 0 Å². The molecule has 1 unspecified atom stereocenters. The van der Waals surface area contributed by atoms with Crippen LogP contribution in [0.25, 0.3) is 11.1 Å². The second-order valence-corrected chi connectivity index (χ2v) is 7.61. The van der Waals surface area contributed by atoms with Gasteiger partial charge in [0.25, 0.3) is 0 Å². The van der Waals surface area contributed by atoms with E-state index in [4.69, 9.17) is 0 Å². The summed E-state index contributed by atoms with van der Waals surface area (Å²) >= 11 is 0. The SMILES string of the molecule is Cc1c(C)c(C)c2c(c1C)-c1c3c(c(C)c(C)c1C2C)CNC3. The zero-order valence-electron chi connectivity index (χ0n) is 15.5. The molecule has 2 aromatic carbocycles. The lowest BCUT2D eigenvalue weighted by atomic mass is 9.86. The number of rotatable bonds is 0. The summed E-state index contributed by atoms with van der Waals surface area (Å²) in [6.07, 6.45) is 0. The highest BCUT2D eigenvalue weighted by molar-refractivity contribution is 5.88. The summed E-state index contributed by atoms with van der Waals surface area (Å²) in [5.74, 6) is 0.516. The fourth-order valence-corrected chi connectivity index (χ4v) is 5.08. The van der Waals surface area contributed by atoms with Crippen LogP contribution in [0.15, 0.2) is 0 Å². The molecule has 120 valence electrons. The topological polar surface area (TPSA) is 12.0 Å².